The lowest BCUT2D eigenvalue weighted by atomic mass is 10.2. The van der Waals surface area contributed by atoms with Crippen molar-refractivity contribution in [3.05, 3.63) is 58.1 Å². The summed E-state index contributed by atoms with van der Waals surface area (Å²) in [6, 6.07) is 8.85. The number of benzene rings is 1. The highest BCUT2D eigenvalue weighted by Crippen LogP contribution is 2.23. The SMILES string of the molecule is O=C(O)C1CCc2cnc(NCc3ccccc3)c(=O)n21. The monoisotopic (exact) mass is 285 g/mol. The molecule has 6 heteroatoms. The summed E-state index contributed by atoms with van der Waals surface area (Å²) >= 11 is 0. The average molecular weight is 285 g/mol. The Morgan fingerprint density at radius 1 is 1.38 bits per heavy atom. The van der Waals surface area contributed by atoms with Gasteiger partial charge in [0.25, 0.3) is 5.56 Å². The summed E-state index contributed by atoms with van der Waals surface area (Å²) in [5.41, 5.74) is 1.34. The van der Waals surface area contributed by atoms with Crippen molar-refractivity contribution in [3.8, 4) is 0 Å². The van der Waals surface area contributed by atoms with Gasteiger partial charge in [0.2, 0.25) is 0 Å². The summed E-state index contributed by atoms with van der Waals surface area (Å²) in [5.74, 6) is -0.785. The number of carboxylic acids is 1. The molecular weight excluding hydrogens is 270 g/mol. The number of aryl methyl sites for hydroxylation is 1. The van der Waals surface area contributed by atoms with Crippen LogP contribution in [0, 0.1) is 0 Å². The molecule has 108 valence electrons. The fourth-order valence-electron chi connectivity index (χ4n) is 2.58. The second-order valence-electron chi connectivity index (χ2n) is 5.01. The first kappa shape index (κ1) is 13.4. The van der Waals surface area contributed by atoms with Gasteiger partial charge in [0, 0.05) is 18.4 Å². The molecule has 0 bridgehead atoms. The van der Waals surface area contributed by atoms with Gasteiger partial charge in [-0.05, 0) is 18.4 Å². The Morgan fingerprint density at radius 3 is 2.86 bits per heavy atom. The van der Waals surface area contributed by atoms with Crippen LogP contribution in [0.2, 0.25) is 0 Å². The number of nitrogens with zero attached hydrogens (tertiary/aromatic N) is 2. The molecule has 0 saturated carbocycles. The summed E-state index contributed by atoms with van der Waals surface area (Å²) in [6.07, 6.45) is 2.59. The minimum atomic E-state index is -0.976. The molecule has 1 atom stereocenters. The Hall–Kier alpha value is -2.63. The van der Waals surface area contributed by atoms with E-state index in [-0.39, 0.29) is 11.4 Å². The number of anilines is 1. The highest BCUT2D eigenvalue weighted by Gasteiger charge is 2.30. The third kappa shape index (κ3) is 2.52. The molecule has 1 aliphatic heterocycles. The Kier molecular flexibility index (Phi) is 3.43. The Labute approximate surface area is 121 Å². The number of aromatic nitrogens is 2. The number of hydrogen-bond acceptors (Lipinski definition) is 4. The number of nitrogens with one attached hydrogen (secondary N) is 1. The van der Waals surface area contributed by atoms with E-state index >= 15 is 0 Å². The molecule has 0 saturated heterocycles. The standard InChI is InChI=1S/C15H15N3O3/c19-14-13(16-8-10-4-2-1-3-5-10)17-9-11-6-7-12(15(20)21)18(11)14/h1-5,9,12H,6-8H2,(H,16,17)(H,20,21). The smallest absolute Gasteiger partial charge is 0.326 e. The van der Waals surface area contributed by atoms with Gasteiger partial charge in [0.1, 0.15) is 6.04 Å². The molecule has 2 heterocycles. The number of carboxylic acid groups (broad SMARTS) is 1. The normalized spacial score (nSPS) is 16.5. The van der Waals surface area contributed by atoms with Crippen LogP contribution in [0.1, 0.15) is 23.7 Å². The highest BCUT2D eigenvalue weighted by molar-refractivity contribution is 5.72. The average Bonchev–Trinajstić information content (AvgIpc) is 2.93. The maximum Gasteiger partial charge on any atom is 0.326 e. The Morgan fingerprint density at radius 2 is 2.14 bits per heavy atom. The highest BCUT2D eigenvalue weighted by atomic mass is 16.4. The minimum absolute atomic E-state index is 0.191. The zero-order valence-electron chi connectivity index (χ0n) is 11.3. The molecule has 1 aromatic heterocycles. The van der Waals surface area contributed by atoms with Gasteiger partial charge in [-0.1, -0.05) is 30.3 Å². The zero-order valence-corrected chi connectivity index (χ0v) is 11.3. The van der Waals surface area contributed by atoms with Gasteiger partial charge in [-0.2, -0.15) is 0 Å². The van der Waals surface area contributed by atoms with Crippen molar-refractivity contribution in [1.82, 2.24) is 9.55 Å². The van der Waals surface area contributed by atoms with E-state index in [1.54, 1.807) is 6.20 Å². The molecule has 0 spiro atoms. The molecule has 21 heavy (non-hydrogen) atoms. The van der Waals surface area contributed by atoms with Gasteiger partial charge in [0.05, 0.1) is 0 Å². The molecule has 1 aromatic carbocycles. The van der Waals surface area contributed by atoms with Crippen LogP contribution in [0.3, 0.4) is 0 Å². The molecule has 0 amide bonds. The van der Waals surface area contributed by atoms with Crippen LogP contribution in [-0.2, 0) is 17.8 Å². The topological polar surface area (TPSA) is 84.2 Å². The molecule has 1 aliphatic rings. The number of rotatable bonds is 4. The Balaban J connectivity index is 1.86. The van der Waals surface area contributed by atoms with Gasteiger partial charge in [-0.25, -0.2) is 9.78 Å². The summed E-state index contributed by atoms with van der Waals surface area (Å²) in [6.45, 7) is 0.472. The van der Waals surface area contributed by atoms with Crippen LogP contribution < -0.4 is 10.9 Å². The van der Waals surface area contributed by atoms with E-state index in [2.05, 4.69) is 10.3 Å². The van der Waals surface area contributed by atoms with Crippen LogP contribution in [0.15, 0.2) is 41.3 Å². The molecule has 2 N–H and O–H groups in total. The largest absolute Gasteiger partial charge is 0.480 e. The quantitative estimate of drug-likeness (QED) is 0.887. The lowest BCUT2D eigenvalue weighted by Crippen LogP contribution is -2.30. The van der Waals surface area contributed by atoms with E-state index < -0.39 is 12.0 Å². The first-order valence-electron chi connectivity index (χ1n) is 6.78. The number of hydrogen-bond donors (Lipinski definition) is 2. The number of aliphatic carboxylic acids is 1. The van der Waals surface area contributed by atoms with Gasteiger partial charge in [0.15, 0.2) is 5.82 Å². The van der Waals surface area contributed by atoms with E-state index in [1.165, 1.54) is 4.57 Å². The number of carbonyl (C=O) groups is 1. The number of fused-ring (bicyclic) bond motifs is 1. The third-order valence-corrected chi connectivity index (χ3v) is 3.65. The third-order valence-electron chi connectivity index (χ3n) is 3.65. The van der Waals surface area contributed by atoms with E-state index in [0.717, 1.165) is 5.56 Å². The fraction of sp³-hybridized carbons (Fsp3) is 0.267. The summed E-state index contributed by atoms with van der Waals surface area (Å²) in [4.78, 5) is 27.7. The zero-order chi connectivity index (χ0) is 14.8. The maximum atomic E-state index is 12.4. The van der Waals surface area contributed by atoms with Crippen molar-refractivity contribution in [2.45, 2.75) is 25.4 Å². The van der Waals surface area contributed by atoms with E-state index in [9.17, 15) is 14.7 Å². The summed E-state index contributed by atoms with van der Waals surface area (Å²) in [7, 11) is 0. The fourth-order valence-corrected chi connectivity index (χ4v) is 2.58. The summed E-state index contributed by atoms with van der Waals surface area (Å²) in [5, 5.41) is 12.2. The van der Waals surface area contributed by atoms with E-state index in [0.29, 0.717) is 25.1 Å². The molecule has 1 unspecified atom stereocenters. The molecule has 0 radical (unpaired) electrons. The second kappa shape index (κ2) is 5.40. The second-order valence-corrected chi connectivity index (χ2v) is 5.01. The minimum Gasteiger partial charge on any atom is -0.480 e. The van der Waals surface area contributed by atoms with Crippen LogP contribution in [-0.4, -0.2) is 20.6 Å². The van der Waals surface area contributed by atoms with Crippen molar-refractivity contribution in [1.29, 1.82) is 0 Å². The maximum absolute atomic E-state index is 12.4. The van der Waals surface area contributed by atoms with Crippen molar-refractivity contribution in [2.75, 3.05) is 5.32 Å². The van der Waals surface area contributed by atoms with Crippen molar-refractivity contribution in [2.24, 2.45) is 0 Å². The lowest BCUT2D eigenvalue weighted by Gasteiger charge is -2.12. The molecule has 0 aliphatic carbocycles. The van der Waals surface area contributed by atoms with Crippen molar-refractivity contribution >= 4 is 11.8 Å². The molecule has 2 aromatic rings. The van der Waals surface area contributed by atoms with Crippen molar-refractivity contribution < 1.29 is 9.90 Å². The van der Waals surface area contributed by atoms with Gasteiger partial charge in [-0.15, -0.1) is 0 Å². The van der Waals surface area contributed by atoms with Crippen molar-refractivity contribution in [3.63, 3.8) is 0 Å². The lowest BCUT2D eigenvalue weighted by molar-refractivity contribution is -0.140. The Bertz CT molecular complexity index is 725. The van der Waals surface area contributed by atoms with Crippen LogP contribution in [0.25, 0.3) is 0 Å². The molecular formula is C15H15N3O3. The molecule has 6 nitrogen and oxygen atoms in total. The van der Waals surface area contributed by atoms with Gasteiger partial charge < -0.3 is 10.4 Å². The predicted octanol–water partition coefficient (Wildman–Crippen LogP) is 1.43. The molecule has 0 fully saturated rings. The van der Waals surface area contributed by atoms with E-state index in [4.69, 9.17) is 0 Å². The van der Waals surface area contributed by atoms with Crippen LogP contribution in [0.5, 0.6) is 0 Å². The van der Waals surface area contributed by atoms with Gasteiger partial charge >= 0.3 is 5.97 Å². The predicted molar refractivity (Wildman–Crippen MR) is 77.3 cm³/mol. The van der Waals surface area contributed by atoms with Crippen LogP contribution in [0.4, 0.5) is 5.82 Å². The van der Waals surface area contributed by atoms with Gasteiger partial charge in [-0.3, -0.25) is 9.36 Å². The van der Waals surface area contributed by atoms with E-state index in [1.807, 2.05) is 30.3 Å². The van der Waals surface area contributed by atoms with Crippen LogP contribution >= 0.6 is 0 Å². The molecule has 3 rings (SSSR count). The summed E-state index contributed by atoms with van der Waals surface area (Å²) < 4.78 is 1.34. The first-order chi connectivity index (χ1) is 10.2. The first-order valence-corrected chi connectivity index (χ1v) is 6.78.